The Balaban J connectivity index is 1.88. The third-order valence-corrected chi connectivity index (χ3v) is 4.35. The largest absolute Gasteiger partial charge is 0.491 e. The van der Waals surface area contributed by atoms with Crippen molar-refractivity contribution in [2.24, 2.45) is 0 Å². The second-order valence-corrected chi connectivity index (χ2v) is 5.97. The summed E-state index contributed by atoms with van der Waals surface area (Å²) in [5.74, 6) is 0.902. The van der Waals surface area contributed by atoms with E-state index in [1.165, 1.54) is 19.3 Å². The number of aryl methyl sites for hydroxylation is 1. The Kier molecular flexibility index (Phi) is 4.44. The molecular weight excluding hydrogens is 280 g/mol. The highest BCUT2D eigenvalue weighted by molar-refractivity contribution is 7.71. The molecule has 0 fully saturated rings. The van der Waals surface area contributed by atoms with Crippen LogP contribution in [0.15, 0.2) is 29.8 Å². The molecule has 0 spiro atoms. The van der Waals surface area contributed by atoms with Gasteiger partial charge in [0.15, 0.2) is 4.77 Å². The first kappa shape index (κ1) is 14.4. The minimum atomic E-state index is 0.734. The zero-order chi connectivity index (χ0) is 14.7. The number of nitrogens with zero attached hydrogens (tertiary/aromatic N) is 1. The van der Waals surface area contributed by atoms with Gasteiger partial charge < -0.3 is 14.3 Å². The molecule has 4 heteroatoms. The van der Waals surface area contributed by atoms with E-state index in [1.807, 2.05) is 12.1 Å². The summed E-state index contributed by atoms with van der Waals surface area (Å²) in [7, 11) is 0. The van der Waals surface area contributed by atoms with Crippen LogP contribution in [0.4, 0.5) is 0 Å². The summed E-state index contributed by atoms with van der Waals surface area (Å²) in [6, 6.07) is 6.16. The van der Waals surface area contributed by atoms with Crippen molar-refractivity contribution >= 4 is 23.3 Å². The number of allylic oxidation sites excluding steroid dienone is 2. The highest BCUT2D eigenvalue weighted by Crippen LogP contribution is 2.27. The van der Waals surface area contributed by atoms with Gasteiger partial charge in [-0.2, -0.15) is 0 Å². The van der Waals surface area contributed by atoms with Gasteiger partial charge in [0.05, 0.1) is 12.1 Å². The molecule has 112 valence electrons. The molecule has 1 aromatic carbocycles. The number of aromatic amines is 1. The van der Waals surface area contributed by atoms with Crippen molar-refractivity contribution in [3.8, 4) is 5.75 Å². The predicted molar refractivity (Wildman–Crippen MR) is 89.5 cm³/mol. The molecule has 0 saturated carbocycles. The van der Waals surface area contributed by atoms with Gasteiger partial charge in [-0.3, -0.25) is 0 Å². The van der Waals surface area contributed by atoms with Crippen LogP contribution in [0.1, 0.15) is 39.0 Å². The van der Waals surface area contributed by atoms with E-state index in [0.29, 0.717) is 0 Å². The monoisotopic (exact) mass is 302 g/mol. The standard InChI is InChI=1S/C17H22N2OS/c1-2-12-20-15-9-5-8-14-16(15)18-17(21)19(14)11-10-13-6-3-4-7-13/h5-6,8-9H,2-4,7,10-12H2,1H3,(H,18,21). The van der Waals surface area contributed by atoms with Crippen molar-refractivity contribution in [1.82, 2.24) is 9.55 Å². The summed E-state index contributed by atoms with van der Waals surface area (Å²) in [5.41, 5.74) is 3.74. The highest BCUT2D eigenvalue weighted by atomic mass is 32.1. The van der Waals surface area contributed by atoms with Crippen LogP contribution in [0.2, 0.25) is 0 Å². The average molecular weight is 302 g/mol. The Bertz CT molecular complexity index is 711. The lowest BCUT2D eigenvalue weighted by atomic mass is 10.1. The maximum absolute atomic E-state index is 5.81. The molecule has 1 aliphatic carbocycles. The van der Waals surface area contributed by atoms with E-state index in [1.54, 1.807) is 5.57 Å². The number of rotatable bonds is 6. The fourth-order valence-corrected chi connectivity index (χ4v) is 3.22. The van der Waals surface area contributed by atoms with Gasteiger partial charge in [0.25, 0.3) is 0 Å². The van der Waals surface area contributed by atoms with E-state index >= 15 is 0 Å². The van der Waals surface area contributed by atoms with E-state index in [-0.39, 0.29) is 0 Å². The summed E-state index contributed by atoms with van der Waals surface area (Å²) >= 11 is 5.50. The molecule has 2 aromatic rings. The number of H-pyrrole nitrogens is 1. The smallest absolute Gasteiger partial charge is 0.178 e. The van der Waals surface area contributed by atoms with E-state index < -0.39 is 0 Å². The minimum Gasteiger partial charge on any atom is -0.491 e. The molecule has 21 heavy (non-hydrogen) atoms. The number of imidazole rings is 1. The van der Waals surface area contributed by atoms with Crippen molar-refractivity contribution in [3.63, 3.8) is 0 Å². The zero-order valence-corrected chi connectivity index (χ0v) is 13.3. The van der Waals surface area contributed by atoms with Crippen molar-refractivity contribution in [1.29, 1.82) is 0 Å². The minimum absolute atomic E-state index is 0.734. The average Bonchev–Trinajstić information content (AvgIpc) is 3.10. The van der Waals surface area contributed by atoms with E-state index in [4.69, 9.17) is 17.0 Å². The van der Waals surface area contributed by atoms with E-state index in [0.717, 1.165) is 47.5 Å². The number of fused-ring (bicyclic) bond motifs is 1. The summed E-state index contributed by atoms with van der Waals surface area (Å²) < 4.78 is 8.80. The van der Waals surface area contributed by atoms with E-state index in [9.17, 15) is 0 Å². The molecule has 0 amide bonds. The molecular formula is C17H22N2OS. The van der Waals surface area contributed by atoms with Gasteiger partial charge in [-0.05, 0) is 56.5 Å². The fourth-order valence-electron chi connectivity index (χ4n) is 2.93. The number of nitrogens with one attached hydrogen (secondary N) is 1. The van der Waals surface area contributed by atoms with Crippen molar-refractivity contribution in [2.75, 3.05) is 6.61 Å². The number of hydrogen-bond donors (Lipinski definition) is 1. The third kappa shape index (κ3) is 3.05. The highest BCUT2D eigenvalue weighted by Gasteiger charge is 2.10. The van der Waals surface area contributed by atoms with Crippen LogP contribution in [0.5, 0.6) is 5.75 Å². The molecule has 0 aliphatic heterocycles. The van der Waals surface area contributed by atoms with Gasteiger partial charge >= 0.3 is 0 Å². The van der Waals surface area contributed by atoms with Crippen LogP contribution in [0, 0.1) is 4.77 Å². The molecule has 1 aliphatic rings. The SMILES string of the molecule is CCCOc1cccc2c1[nH]c(=S)n2CCC1=CCCC1. The summed E-state index contributed by atoms with van der Waals surface area (Å²) in [6.45, 7) is 3.79. The molecule has 3 rings (SSSR count). The Labute approximate surface area is 130 Å². The summed E-state index contributed by atoms with van der Waals surface area (Å²) in [5, 5.41) is 0. The zero-order valence-electron chi connectivity index (χ0n) is 12.5. The van der Waals surface area contributed by atoms with Gasteiger partial charge in [-0.1, -0.05) is 24.6 Å². The van der Waals surface area contributed by atoms with Crippen molar-refractivity contribution in [2.45, 2.75) is 45.6 Å². The Morgan fingerprint density at radius 1 is 1.38 bits per heavy atom. The predicted octanol–water partition coefficient (Wildman–Crippen LogP) is 4.99. The van der Waals surface area contributed by atoms with Crippen LogP contribution >= 0.6 is 12.2 Å². The maximum atomic E-state index is 5.81. The van der Waals surface area contributed by atoms with Gasteiger partial charge in [-0.15, -0.1) is 0 Å². The van der Waals surface area contributed by atoms with Gasteiger partial charge in [0, 0.05) is 6.54 Å². The second kappa shape index (κ2) is 6.48. The summed E-state index contributed by atoms with van der Waals surface area (Å²) in [4.78, 5) is 3.31. The second-order valence-electron chi connectivity index (χ2n) is 5.59. The molecule has 1 heterocycles. The molecule has 0 unspecified atom stereocenters. The van der Waals surface area contributed by atoms with Crippen LogP contribution < -0.4 is 4.74 Å². The molecule has 0 bridgehead atoms. The van der Waals surface area contributed by atoms with Crippen LogP contribution in [0.3, 0.4) is 0 Å². The first-order valence-corrected chi connectivity index (χ1v) is 8.22. The van der Waals surface area contributed by atoms with Gasteiger partial charge in [-0.25, -0.2) is 0 Å². The lowest BCUT2D eigenvalue weighted by molar-refractivity contribution is 0.320. The molecule has 0 radical (unpaired) electrons. The maximum Gasteiger partial charge on any atom is 0.178 e. The lowest BCUT2D eigenvalue weighted by Gasteiger charge is -2.07. The number of ether oxygens (including phenoxy) is 1. The molecule has 3 nitrogen and oxygen atoms in total. The Morgan fingerprint density at radius 3 is 3.05 bits per heavy atom. The first-order valence-electron chi connectivity index (χ1n) is 7.82. The van der Waals surface area contributed by atoms with Crippen molar-refractivity contribution in [3.05, 3.63) is 34.6 Å². The third-order valence-electron chi connectivity index (χ3n) is 4.03. The van der Waals surface area contributed by atoms with Gasteiger partial charge in [0.2, 0.25) is 0 Å². The number of para-hydroxylation sites is 1. The topological polar surface area (TPSA) is 29.9 Å². The Hall–Kier alpha value is -1.55. The van der Waals surface area contributed by atoms with Crippen LogP contribution in [-0.4, -0.2) is 16.2 Å². The first-order chi connectivity index (χ1) is 10.3. The number of aromatic nitrogens is 2. The molecule has 1 aromatic heterocycles. The van der Waals surface area contributed by atoms with Crippen molar-refractivity contribution < 1.29 is 4.74 Å². The number of hydrogen-bond acceptors (Lipinski definition) is 2. The van der Waals surface area contributed by atoms with Crippen LogP contribution in [0.25, 0.3) is 11.0 Å². The Morgan fingerprint density at radius 2 is 2.29 bits per heavy atom. The molecule has 0 atom stereocenters. The lowest BCUT2D eigenvalue weighted by Crippen LogP contribution is -1.99. The number of benzene rings is 1. The normalized spacial score (nSPS) is 14.6. The summed E-state index contributed by atoms with van der Waals surface area (Å²) in [6.07, 6.45) is 8.29. The molecule has 1 N–H and O–H groups in total. The fraction of sp³-hybridized carbons (Fsp3) is 0.471. The molecule has 0 saturated heterocycles. The van der Waals surface area contributed by atoms with E-state index in [2.05, 4.69) is 28.6 Å². The van der Waals surface area contributed by atoms with Gasteiger partial charge in [0.1, 0.15) is 11.3 Å². The quantitative estimate of drug-likeness (QED) is 0.602. The van der Waals surface area contributed by atoms with Crippen LogP contribution in [-0.2, 0) is 6.54 Å².